The van der Waals surface area contributed by atoms with Gasteiger partial charge in [0, 0.05) is 10.6 Å². The normalized spacial score (nSPS) is 10.3. The number of aromatic nitrogens is 3. The molecule has 2 rings (SSSR count). The van der Waals surface area contributed by atoms with Gasteiger partial charge in [0.25, 0.3) is 0 Å². The maximum atomic E-state index is 11.4. The van der Waals surface area contributed by atoms with Gasteiger partial charge in [-0.2, -0.15) is 0 Å². The van der Waals surface area contributed by atoms with Crippen LogP contribution in [0.2, 0.25) is 5.02 Å². The van der Waals surface area contributed by atoms with Crippen molar-refractivity contribution in [1.29, 1.82) is 0 Å². The molecular weight excluding hydrogens is 214 g/mol. The summed E-state index contributed by atoms with van der Waals surface area (Å²) in [6, 6.07) is 5.08. The molecule has 1 aromatic carbocycles. The van der Waals surface area contributed by atoms with Gasteiger partial charge in [0.2, 0.25) is 0 Å². The van der Waals surface area contributed by atoms with E-state index in [1.54, 1.807) is 30.6 Å². The van der Waals surface area contributed by atoms with Gasteiger partial charge in [-0.15, -0.1) is 5.10 Å². The Morgan fingerprint density at radius 1 is 1.47 bits per heavy atom. The van der Waals surface area contributed by atoms with Gasteiger partial charge in [-0.05, 0) is 25.1 Å². The maximum absolute atomic E-state index is 11.4. The number of rotatable bonds is 2. The van der Waals surface area contributed by atoms with Crippen LogP contribution >= 0.6 is 11.6 Å². The van der Waals surface area contributed by atoms with Crippen molar-refractivity contribution in [2.75, 3.05) is 0 Å². The average Bonchev–Trinajstić information content (AvgIpc) is 2.70. The van der Waals surface area contributed by atoms with E-state index in [0.717, 1.165) is 0 Å². The van der Waals surface area contributed by atoms with Crippen molar-refractivity contribution < 1.29 is 4.79 Å². The fourth-order valence-corrected chi connectivity index (χ4v) is 1.50. The summed E-state index contributed by atoms with van der Waals surface area (Å²) in [5.74, 6) is -0.0528. The Morgan fingerprint density at radius 3 is 2.87 bits per heavy atom. The molecule has 0 aliphatic rings. The third-order valence-electron chi connectivity index (χ3n) is 2.01. The topological polar surface area (TPSA) is 47.8 Å². The summed E-state index contributed by atoms with van der Waals surface area (Å²) in [6.45, 7) is 1.49. The molecule has 0 spiro atoms. The second-order valence-electron chi connectivity index (χ2n) is 3.07. The number of hydrogen-bond donors (Lipinski definition) is 0. The number of Topliss-reactive ketones (excluding diaryl/α,β-unsaturated/α-hetero) is 1. The molecule has 1 heterocycles. The van der Waals surface area contributed by atoms with Crippen LogP contribution in [0.5, 0.6) is 0 Å². The van der Waals surface area contributed by atoms with E-state index < -0.39 is 0 Å². The van der Waals surface area contributed by atoms with Crippen molar-refractivity contribution >= 4 is 17.4 Å². The van der Waals surface area contributed by atoms with Gasteiger partial charge in [-0.3, -0.25) is 4.79 Å². The first-order chi connectivity index (χ1) is 7.18. The summed E-state index contributed by atoms with van der Waals surface area (Å²) in [6.07, 6.45) is 3.23. The standard InChI is InChI=1S/C10H8ClN3O/c1-7(15)9-6-8(11)2-3-10(9)14-5-4-12-13-14/h2-6H,1H3. The fraction of sp³-hybridized carbons (Fsp3) is 0.100. The van der Waals surface area contributed by atoms with Gasteiger partial charge in [0.15, 0.2) is 5.78 Å². The summed E-state index contributed by atoms with van der Waals surface area (Å²) in [5, 5.41) is 8.05. The Bertz CT molecular complexity index is 493. The van der Waals surface area contributed by atoms with Gasteiger partial charge in [0.1, 0.15) is 0 Å². The van der Waals surface area contributed by atoms with E-state index in [-0.39, 0.29) is 5.78 Å². The third kappa shape index (κ3) is 1.89. The van der Waals surface area contributed by atoms with Crippen LogP contribution < -0.4 is 0 Å². The van der Waals surface area contributed by atoms with E-state index in [0.29, 0.717) is 16.3 Å². The zero-order valence-electron chi connectivity index (χ0n) is 8.01. The number of carbonyl (C=O) groups excluding carboxylic acids is 1. The molecule has 4 nitrogen and oxygen atoms in total. The lowest BCUT2D eigenvalue weighted by molar-refractivity contribution is 0.101. The number of carbonyl (C=O) groups is 1. The Labute approximate surface area is 91.5 Å². The van der Waals surface area contributed by atoms with Crippen LogP contribution in [-0.4, -0.2) is 20.8 Å². The van der Waals surface area contributed by atoms with E-state index in [9.17, 15) is 4.79 Å². The van der Waals surface area contributed by atoms with E-state index >= 15 is 0 Å². The molecule has 0 aliphatic carbocycles. The van der Waals surface area contributed by atoms with Crippen molar-refractivity contribution in [2.24, 2.45) is 0 Å². The largest absolute Gasteiger partial charge is 0.294 e. The Hall–Kier alpha value is -1.68. The van der Waals surface area contributed by atoms with E-state index in [1.807, 2.05) is 0 Å². The molecule has 0 bridgehead atoms. The van der Waals surface area contributed by atoms with E-state index in [4.69, 9.17) is 11.6 Å². The molecule has 0 N–H and O–H groups in total. The molecule has 0 saturated carbocycles. The molecule has 76 valence electrons. The molecule has 0 unspecified atom stereocenters. The minimum Gasteiger partial charge on any atom is -0.294 e. The van der Waals surface area contributed by atoms with Crippen LogP contribution in [-0.2, 0) is 0 Å². The first-order valence-corrected chi connectivity index (χ1v) is 4.73. The van der Waals surface area contributed by atoms with Gasteiger partial charge in [0.05, 0.1) is 18.1 Å². The van der Waals surface area contributed by atoms with Crippen LogP contribution in [0, 0.1) is 0 Å². The van der Waals surface area contributed by atoms with Gasteiger partial charge in [-0.1, -0.05) is 16.8 Å². The zero-order chi connectivity index (χ0) is 10.8. The predicted octanol–water partition coefficient (Wildman–Crippen LogP) is 2.12. The van der Waals surface area contributed by atoms with Crippen molar-refractivity contribution in [1.82, 2.24) is 15.0 Å². The summed E-state index contributed by atoms with van der Waals surface area (Å²) in [4.78, 5) is 11.4. The van der Waals surface area contributed by atoms with E-state index in [2.05, 4.69) is 10.3 Å². The third-order valence-corrected chi connectivity index (χ3v) is 2.24. The number of ketones is 1. The fourth-order valence-electron chi connectivity index (χ4n) is 1.33. The highest BCUT2D eigenvalue weighted by atomic mass is 35.5. The Kier molecular flexibility index (Phi) is 2.51. The van der Waals surface area contributed by atoms with Crippen molar-refractivity contribution in [3.63, 3.8) is 0 Å². The quantitative estimate of drug-likeness (QED) is 0.730. The molecule has 1 aromatic heterocycles. The molecule has 0 radical (unpaired) electrons. The highest BCUT2D eigenvalue weighted by Gasteiger charge is 2.09. The minimum absolute atomic E-state index is 0.0528. The first kappa shape index (κ1) is 9.86. The van der Waals surface area contributed by atoms with Gasteiger partial charge in [-0.25, -0.2) is 4.68 Å². The first-order valence-electron chi connectivity index (χ1n) is 4.35. The monoisotopic (exact) mass is 221 g/mol. The van der Waals surface area contributed by atoms with E-state index in [1.165, 1.54) is 11.6 Å². The summed E-state index contributed by atoms with van der Waals surface area (Å²) in [5.41, 5.74) is 1.22. The SMILES string of the molecule is CC(=O)c1cc(Cl)ccc1-n1ccnn1. The highest BCUT2D eigenvalue weighted by molar-refractivity contribution is 6.31. The Balaban J connectivity index is 2.61. The predicted molar refractivity (Wildman–Crippen MR) is 56.4 cm³/mol. The molecule has 2 aromatic rings. The second kappa shape index (κ2) is 3.82. The number of hydrogen-bond acceptors (Lipinski definition) is 3. The molecule has 15 heavy (non-hydrogen) atoms. The lowest BCUT2D eigenvalue weighted by Gasteiger charge is -2.06. The number of benzene rings is 1. The van der Waals surface area contributed by atoms with Crippen LogP contribution in [0.1, 0.15) is 17.3 Å². The minimum atomic E-state index is -0.0528. The molecule has 0 fully saturated rings. The van der Waals surface area contributed by atoms with Crippen LogP contribution in [0.15, 0.2) is 30.6 Å². The number of nitrogens with zero attached hydrogens (tertiary/aromatic N) is 3. The molecule has 5 heteroatoms. The summed E-state index contributed by atoms with van der Waals surface area (Å²) in [7, 11) is 0. The lowest BCUT2D eigenvalue weighted by atomic mass is 10.1. The average molecular weight is 222 g/mol. The van der Waals surface area contributed by atoms with Crippen molar-refractivity contribution in [3.05, 3.63) is 41.2 Å². The highest BCUT2D eigenvalue weighted by Crippen LogP contribution is 2.19. The van der Waals surface area contributed by atoms with Crippen LogP contribution in [0.3, 0.4) is 0 Å². The lowest BCUT2D eigenvalue weighted by Crippen LogP contribution is -2.04. The Morgan fingerprint density at radius 2 is 2.27 bits per heavy atom. The van der Waals surface area contributed by atoms with Gasteiger partial charge >= 0.3 is 0 Å². The van der Waals surface area contributed by atoms with Crippen LogP contribution in [0.4, 0.5) is 0 Å². The summed E-state index contributed by atoms with van der Waals surface area (Å²) < 4.78 is 1.53. The molecule has 0 saturated heterocycles. The van der Waals surface area contributed by atoms with Crippen LogP contribution in [0.25, 0.3) is 5.69 Å². The van der Waals surface area contributed by atoms with Crippen molar-refractivity contribution in [3.8, 4) is 5.69 Å². The second-order valence-corrected chi connectivity index (χ2v) is 3.50. The zero-order valence-corrected chi connectivity index (χ0v) is 8.77. The smallest absolute Gasteiger partial charge is 0.162 e. The molecule has 0 atom stereocenters. The molecule has 0 aliphatic heterocycles. The number of halogens is 1. The summed E-state index contributed by atoms with van der Waals surface area (Å²) >= 11 is 5.82. The molecular formula is C10H8ClN3O. The maximum Gasteiger partial charge on any atom is 0.162 e. The molecule has 0 amide bonds. The van der Waals surface area contributed by atoms with Crippen molar-refractivity contribution in [2.45, 2.75) is 6.92 Å². The van der Waals surface area contributed by atoms with Gasteiger partial charge < -0.3 is 0 Å².